The predicted molar refractivity (Wildman–Crippen MR) is 51.0 cm³/mol. The van der Waals surface area contributed by atoms with Gasteiger partial charge in [0.15, 0.2) is 11.6 Å². The number of esters is 1. The lowest BCUT2D eigenvalue weighted by molar-refractivity contribution is 0.00628. The molecule has 14 heavy (non-hydrogen) atoms. The van der Waals surface area contributed by atoms with Crippen molar-refractivity contribution in [1.29, 1.82) is 0 Å². The van der Waals surface area contributed by atoms with Gasteiger partial charge in [-0.1, -0.05) is 6.92 Å². The summed E-state index contributed by atoms with van der Waals surface area (Å²) in [5.74, 6) is 0.104. The Bertz CT molecular complexity index is 322. The first-order valence-corrected chi connectivity index (χ1v) is 4.60. The van der Waals surface area contributed by atoms with Crippen LogP contribution in [0.1, 0.15) is 44.1 Å². The minimum absolute atomic E-state index is 0.233. The summed E-state index contributed by atoms with van der Waals surface area (Å²) in [5, 5.41) is 0. The monoisotopic (exact) mass is 197 g/mol. The minimum atomic E-state index is -0.498. The van der Waals surface area contributed by atoms with Crippen LogP contribution in [0.3, 0.4) is 0 Å². The SMILES string of the molecule is CCc1nc(C(=O)OC(C)(C)C)co1. The molecule has 0 spiro atoms. The molecule has 4 nitrogen and oxygen atoms in total. The minimum Gasteiger partial charge on any atom is -0.455 e. The molecule has 1 rings (SSSR count). The highest BCUT2D eigenvalue weighted by molar-refractivity contribution is 5.87. The zero-order valence-corrected chi connectivity index (χ0v) is 8.96. The number of hydrogen-bond acceptors (Lipinski definition) is 4. The fourth-order valence-corrected chi connectivity index (χ4v) is 0.897. The van der Waals surface area contributed by atoms with Gasteiger partial charge in [-0.15, -0.1) is 0 Å². The fourth-order valence-electron chi connectivity index (χ4n) is 0.897. The molecule has 0 aliphatic heterocycles. The van der Waals surface area contributed by atoms with Crippen LogP contribution in [0.5, 0.6) is 0 Å². The van der Waals surface area contributed by atoms with Crippen LogP contribution in [0, 0.1) is 0 Å². The van der Waals surface area contributed by atoms with Crippen molar-refractivity contribution >= 4 is 5.97 Å². The Hall–Kier alpha value is -1.32. The van der Waals surface area contributed by atoms with E-state index in [1.165, 1.54) is 6.26 Å². The van der Waals surface area contributed by atoms with E-state index in [1.54, 1.807) is 0 Å². The van der Waals surface area contributed by atoms with Crippen LogP contribution in [-0.4, -0.2) is 16.6 Å². The summed E-state index contributed by atoms with van der Waals surface area (Å²) in [4.78, 5) is 15.4. The van der Waals surface area contributed by atoms with E-state index < -0.39 is 11.6 Å². The molecular weight excluding hydrogens is 182 g/mol. The number of nitrogens with zero attached hydrogens (tertiary/aromatic N) is 1. The van der Waals surface area contributed by atoms with Crippen LogP contribution in [0.25, 0.3) is 0 Å². The molecule has 0 unspecified atom stereocenters. The first-order chi connectivity index (χ1) is 6.42. The molecule has 0 fully saturated rings. The normalized spacial score (nSPS) is 11.4. The van der Waals surface area contributed by atoms with Crippen LogP contribution >= 0.6 is 0 Å². The maximum atomic E-state index is 11.4. The molecule has 1 aromatic heterocycles. The first-order valence-electron chi connectivity index (χ1n) is 4.60. The summed E-state index contributed by atoms with van der Waals surface area (Å²) >= 11 is 0. The fraction of sp³-hybridized carbons (Fsp3) is 0.600. The van der Waals surface area contributed by atoms with Crippen LogP contribution < -0.4 is 0 Å². The van der Waals surface area contributed by atoms with Crippen LogP contribution in [0.2, 0.25) is 0 Å². The molecule has 0 atom stereocenters. The molecule has 0 aromatic carbocycles. The molecule has 0 aliphatic rings. The molecule has 1 aromatic rings. The summed E-state index contributed by atoms with van der Waals surface area (Å²) < 4.78 is 10.2. The third kappa shape index (κ3) is 2.87. The van der Waals surface area contributed by atoms with Crippen molar-refractivity contribution in [3.05, 3.63) is 17.8 Å². The van der Waals surface area contributed by atoms with Gasteiger partial charge >= 0.3 is 5.97 Å². The number of aryl methyl sites for hydroxylation is 1. The highest BCUT2D eigenvalue weighted by Crippen LogP contribution is 2.11. The Morgan fingerprint density at radius 2 is 2.21 bits per heavy atom. The highest BCUT2D eigenvalue weighted by atomic mass is 16.6. The second-order valence-corrected chi connectivity index (χ2v) is 3.98. The molecule has 1 heterocycles. The molecule has 78 valence electrons. The van der Waals surface area contributed by atoms with Crippen molar-refractivity contribution in [2.45, 2.75) is 39.7 Å². The van der Waals surface area contributed by atoms with Gasteiger partial charge in [0.05, 0.1) is 0 Å². The summed E-state index contributed by atoms with van der Waals surface area (Å²) in [5.41, 5.74) is -0.264. The lowest BCUT2D eigenvalue weighted by Gasteiger charge is -2.18. The molecule has 0 N–H and O–H groups in total. The molecule has 0 aliphatic carbocycles. The van der Waals surface area contributed by atoms with Gasteiger partial charge in [-0.25, -0.2) is 9.78 Å². The third-order valence-corrected chi connectivity index (χ3v) is 1.46. The molecule has 0 bridgehead atoms. The van der Waals surface area contributed by atoms with E-state index in [4.69, 9.17) is 9.15 Å². The predicted octanol–water partition coefficient (Wildman–Crippen LogP) is 2.19. The van der Waals surface area contributed by atoms with Crippen molar-refractivity contribution in [3.8, 4) is 0 Å². The van der Waals surface area contributed by atoms with E-state index in [-0.39, 0.29) is 5.69 Å². The molecular formula is C10H15NO3. The van der Waals surface area contributed by atoms with E-state index in [0.29, 0.717) is 12.3 Å². The van der Waals surface area contributed by atoms with Crippen molar-refractivity contribution in [3.63, 3.8) is 0 Å². The summed E-state index contributed by atoms with van der Waals surface area (Å²) in [6.45, 7) is 7.34. The molecule has 0 saturated carbocycles. The standard InChI is InChI=1S/C10H15NO3/c1-5-8-11-7(6-13-8)9(12)14-10(2,3)4/h6H,5H2,1-4H3. The molecule has 0 radical (unpaired) electrons. The maximum absolute atomic E-state index is 11.4. The Kier molecular flexibility index (Phi) is 2.93. The zero-order chi connectivity index (χ0) is 10.8. The van der Waals surface area contributed by atoms with Crippen LogP contribution in [0.15, 0.2) is 10.7 Å². The molecule has 4 heteroatoms. The third-order valence-electron chi connectivity index (χ3n) is 1.46. The highest BCUT2D eigenvalue weighted by Gasteiger charge is 2.20. The number of oxazole rings is 1. The lowest BCUT2D eigenvalue weighted by Crippen LogP contribution is -2.24. The van der Waals surface area contributed by atoms with Crippen molar-refractivity contribution in [2.24, 2.45) is 0 Å². The van der Waals surface area contributed by atoms with Gasteiger partial charge in [-0.3, -0.25) is 0 Å². The Labute approximate surface area is 83.3 Å². The Balaban J connectivity index is 2.70. The first kappa shape index (κ1) is 10.8. The number of aromatic nitrogens is 1. The Morgan fingerprint density at radius 3 is 2.64 bits per heavy atom. The average Bonchev–Trinajstić information content (AvgIpc) is 2.48. The van der Waals surface area contributed by atoms with Gasteiger partial charge < -0.3 is 9.15 Å². The number of hydrogen-bond donors (Lipinski definition) is 0. The van der Waals surface area contributed by atoms with Gasteiger partial charge in [-0.05, 0) is 20.8 Å². The zero-order valence-electron chi connectivity index (χ0n) is 8.96. The summed E-state index contributed by atoms with van der Waals surface area (Å²) in [6, 6.07) is 0. The second kappa shape index (κ2) is 3.82. The van der Waals surface area contributed by atoms with Crippen LogP contribution in [0.4, 0.5) is 0 Å². The lowest BCUT2D eigenvalue weighted by atomic mass is 10.2. The second-order valence-electron chi connectivity index (χ2n) is 3.98. The van der Waals surface area contributed by atoms with Gasteiger partial charge in [0.1, 0.15) is 11.9 Å². The Morgan fingerprint density at radius 1 is 1.57 bits per heavy atom. The summed E-state index contributed by atoms with van der Waals surface area (Å²) in [7, 11) is 0. The van der Waals surface area contributed by atoms with Crippen molar-refractivity contribution < 1.29 is 13.9 Å². The number of carbonyl (C=O) groups excluding carboxylic acids is 1. The van der Waals surface area contributed by atoms with E-state index in [1.807, 2.05) is 27.7 Å². The van der Waals surface area contributed by atoms with Gasteiger partial charge in [0.2, 0.25) is 0 Å². The van der Waals surface area contributed by atoms with Crippen molar-refractivity contribution in [1.82, 2.24) is 4.98 Å². The number of carbonyl (C=O) groups is 1. The largest absolute Gasteiger partial charge is 0.455 e. The number of rotatable bonds is 2. The molecule has 0 saturated heterocycles. The average molecular weight is 197 g/mol. The molecule has 0 amide bonds. The number of ether oxygens (including phenoxy) is 1. The quantitative estimate of drug-likeness (QED) is 0.682. The van der Waals surface area contributed by atoms with E-state index in [9.17, 15) is 4.79 Å². The topological polar surface area (TPSA) is 52.3 Å². The van der Waals surface area contributed by atoms with Crippen molar-refractivity contribution in [2.75, 3.05) is 0 Å². The van der Waals surface area contributed by atoms with Crippen LogP contribution in [-0.2, 0) is 11.2 Å². The van der Waals surface area contributed by atoms with Gasteiger partial charge in [-0.2, -0.15) is 0 Å². The maximum Gasteiger partial charge on any atom is 0.360 e. The van der Waals surface area contributed by atoms with Gasteiger partial charge in [0, 0.05) is 6.42 Å². The summed E-state index contributed by atoms with van der Waals surface area (Å²) in [6.07, 6.45) is 2.00. The van der Waals surface area contributed by atoms with Gasteiger partial charge in [0.25, 0.3) is 0 Å². The van der Waals surface area contributed by atoms with E-state index in [2.05, 4.69) is 4.98 Å². The van der Waals surface area contributed by atoms with E-state index >= 15 is 0 Å². The smallest absolute Gasteiger partial charge is 0.360 e. The van der Waals surface area contributed by atoms with E-state index in [0.717, 1.165) is 0 Å².